The van der Waals surface area contributed by atoms with Gasteiger partial charge in [-0.2, -0.15) is 5.26 Å². The fourth-order valence-electron chi connectivity index (χ4n) is 2.49. The van der Waals surface area contributed by atoms with E-state index in [0.717, 1.165) is 22.6 Å². The number of ether oxygens (including phenoxy) is 1. The lowest BCUT2D eigenvalue weighted by atomic mass is 10.1. The zero-order chi connectivity index (χ0) is 18.0. The SMILES string of the molecule is N#CC(=CNc1ccccc1)Cc1ccc(OCc2ccccc2)cc1. The Bertz CT molecular complexity index is 879. The van der Waals surface area contributed by atoms with E-state index in [0.29, 0.717) is 18.6 Å². The van der Waals surface area contributed by atoms with Crippen molar-refractivity contribution in [2.45, 2.75) is 13.0 Å². The lowest BCUT2D eigenvalue weighted by Gasteiger charge is -2.07. The molecule has 0 aliphatic carbocycles. The molecule has 0 bridgehead atoms. The van der Waals surface area contributed by atoms with E-state index >= 15 is 0 Å². The molecule has 0 heterocycles. The second-order valence-corrected chi connectivity index (χ2v) is 5.89. The lowest BCUT2D eigenvalue weighted by molar-refractivity contribution is 0.306. The van der Waals surface area contributed by atoms with Crippen molar-refractivity contribution in [1.82, 2.24) is 0 Å². The number of rotatable bonds is 7. The minimum Gasteiger partial charge on any atom is -0.489 e. The average molecular weight is 340 g/mol. The highest BCUT2D eigenvalue weighted by atomic mass is 16.5. The number of hydrogen-bond acceptors (Lipinski definition) is 3. The van der Waals surface area contributed by atoms with Gasteiger partial charge in [0, 0.05) is 23.9 Å². The summed E-state index contributed by atoms with van der Waals surface area (Å²) in [6, 6.07) is 30.0. The third-order valence-corrected chi connectivity index (χ3v) is 3.90. The van der Waals surface area contributed by atoms with Gasteiger partial charge in [-0.3, -0.25) is 0 Å². The van der Waals surface area contributed by atoms with Crippen LogP contribution in [0, 0.1) is 11.3 Å². The van der Waals surface area contributed by atoms with Gasteiger partial charge in [-0.1, -0.05) is 60.7 Å². The maximum absolute atomic E-state index is 9.35. The number of benzene rings is 3. The molecule has 3 heteroatoms. The third-order valence-electron chi connectivity index (χ3n) is 3.90. The standard InChI is InChI=1S/C23H20N2O/c24-16-21(17-25-22-9-5-2-6-10-22)15-19-11-13-23(14-12-19)26-18-20-7-3-1-4-8-20/h1-14,17,25H,15,18H2. The van der Waals surface area contributed by atoms with Crippen LogP contribution in [0.3, 0.4) is 0 Å². The van der Waals surface area contributed by atoms with E-state index < -0.39 is 0 Å². The Morgan fingerprint density at radius 1 is 0.846 bits per heavy atom. The topological polar surface area (TPSA) is 45.0 Å². The largest absolute Gasteiger partial charge is 0.489 e. The molecule has 0 atom stereocenters. The van der Waals surface area contributed by atoms with Gasteiger partial charge in [-0.25, -0.2) is 0 Å². The average Bonchev–Trinajstić information content (AvgIpc) is 2.72. The van der Waals surface area contributed by atoms with Crippen LogP contribution in [-0.4, -0.2) is 0 Å². The summed E-state index contributed by atoms with van der Waals surface area (Å²) >= 11 is 0. The molecule has 0 spiro atoms. The first-order valence-corrected chi connectivity index (χ1v) is 8.50. The van der Waals surface area contributed by atoms with Crippen molar-refractivity contribution in [2.24, 2.45) is 0 Å². The van der Waals surface area contributed by atoms with E-state index in [-0.39, 0.29) is 0 Å². The van der Waals surface area contributed by atoms with Crippen LogP contribution in [0.4, 0.5) is 5.69 Å². The van der Waals surface area contributed by atoms with Crippen LogP contribution in [0.15, 0.2) is 96.7 Å². The molecule has 0 aliphatic heterocycles. The van der Waals surface area contributed by atoms with Crippen LogP contribution in [0.1, 0.15) is 11.1 Å². The summed E-state index contributed by atoms with van der Waals surface area (Å²) in [6.45, 7) is 0.546. The molecule has 0 aromatic heterocycles. The fourth-order valence-corrected chi connectivity index (χ4v) is 2.49. The van der Waals surface area contributed by atoms with Crippen LogP contribution >= 0.6 is 0 Å². The van der Waals surface area contributed by atoms with Crippen molar-refractivity contribution in [2.75, 3.05) is 5.32 Å². The molecular formula is C23H20N2O. The number of nitrogens with one attached hydrogen (secondary N) is 1. The molecule has 0 unspecified atom stereocenters. The summed E-state index contributed by atoms with van der Waals surface area (Å²) < 4.78 is 5.79. The van der Waals surface area contributed by atoms with Gasteiger partial charge in [0.15, 0.2) is 0 Å². The summed E-state index contributed by atoms with van der Waals surface area (Å²) in [5.74, 6) is 0.822. The highest BCUT2D eigenvalue weighted by Gasteiger charge is 2.01. The smallest absolute Gasteiger partial charge is 0.119 e. The molecule has 0 radical (unpaired) electrons. The molecule has 1 N–H and O–H groups in total. The van der Waals surface area contributed by atoms with Crippen LogP contribution < -0.4 is 10.1 Å². The van der Waals surface area contributed by atoms with E-state index in [2.05, 4.69) is 11.4 Å². The minimum absolute atomic E-state index is 0.546. The molecule has 0 saturated heterocycles. The summed E-state index contributed by atoms with van der Waals surface area (Å²) in [7, 11) is 0. The molecule has 128 valence electrons. The highest BCUT2D eigenvalue weighted by molar-refractivity contribution is 5.47. The predicted octanol–water partition coefficient (Wildman–Crippen LogP) is 5.33. The van der Waals surface area contributed by atoms with Crippen molar-refractivity contribution in [3.05, 3.63) is 108 Å². The number of anilines is 1. The fraction of sp³-hybridized carbons (Fsp3) is 0.0870. The predicted molar refractivity (Wildman–Crippen MR) is 105 cm³/mol. The number of para-hydroxylation sites is 1. The Morgan fingerprint density at radius 3 is 2.15 bits per heavy atom. The normalized spacial score (nSPS) is 10.8. The molecule has 3 rings (SSSR count). The van der Waals surface area contributed by atoms with Crippen LogP contribution in [0.2, 0.25) is 0 Å². The third kappa shape index (κ3) is 5.25. The summed E-state index contributed by atoms with van der Waals surface area (Å²) in [6.07, 6.45) is 2.34. The highest BCUT2D eigenvalue weighted by Crippen LogP contribution is 2.16. The lowest BCUT2D eigenvalue weighted by Crippen LogP contribution is -1.96. The Morgan fingerprint density at radius 2 is 1.50 bits per heavy atom. The van der Waals surface area contributed by atoms with E-state index in [1.54, 1.807) is 6.20 Å². The van der Waals surface area contributed by atoms with Crippen molar-refractivity contribution in [3.8, 4) is 11.8 Å². The number of hydrogen-bond donors (Lipinski definition) is 1. The van der Waals surface area contributed by atoms with Crippen molar-refractivity contribution >= 4 is 5.69 Å². The van der Waals surface area contributed by atoms with E-state index in [9.17, 15) is 5.26 Å². The monoisotopic (exact) mass is 340 g/mol. The van der Waals surface area contributed by atoms with Gasteiger partial charge in [0.25, 0.3) is 0 Å². The zero-order valence-electron chi connectivity index (χ0n) is 14.4. The molecule has 0 fully saturated rings. The first kappa shape index (κ1) is 17.3. The first-order chi connectivity index (χ1) is 12.8. The second kappa shape index (κ2) is 9.10. The quantitative estimate of drug-likeness (QED) is 0.591. The Balaban J connectivity index is 1.56. The van der Waals surface area contributed by atoms with E-state index in [1.807, 2.05) is 84.9 Å². The maximum atomic E-state index is 9.35. The maximum Gasteiger partial charge on any atom is 0.119 e. The molecule has 0 amide bonds. The van der Waals surface area contributed by atoms with Gasteiger partial charge in [0.2, 0.25) is 0 Å². The Kier molecular flexibility index (Phi) is 6.06. The zero-order valence-corrected chi connectivity index (χ0v) is 14.4. The van der Waals surface area contributed by atoms with Crippen molar-refractivity contribution in [1.29, 1.82) is 5.26 Å². The molecule has 3 aromatic carbocycles. The molecule has 0 aliphatic rings. The summed E-state index contributed by atoms with van der Waals surface area (Å²) in [5, 5.41) is 12.5. The van der Waals surface area contributed by atoms with Crippen LogP contribution in [0.25, 0.3) is 0 Å². The first-order valence-electron chi connectivity index (χ1n) is 8.50. The number of nitrogens with zero attached hydrogens (tertiary/aromatic N) is 1. The number of allylic oxidation sites excluding steroid dienone is 1. The minimum atomic E-state index is 0.546. The molecular weight excluding hydrogens is 320 g/mol. The van der Waals surface area contributed by atoms with E-state index in [4.69, 9.17) is 4.74 Å². The van der Waals surface area contributed by atoms with Gasteiger partial charge in [-0.15, -0.1) is 0 Å². The Labute approximate surface area is 154 Å². The molecule has 3 nitrogen and oxygen atoms in total. The summed E-state index contributed by atoms with van der Waals surface area (Å²) in [4.78, 5) is 0. The van der Waals surface area contributed by atoms with Crippen LogP contribution in [-0.2, 0) is 13.0 Å². The van der Waals surface area contributed by atoms with Gasteiger partial charge >= 0.3 is 0 Å². The molecule has 3 aromatic rings. The Hall–Kier alpha value is -3.51. The second-order valence-electron chi connectivity index (χ2n) is 5.89. The van der Waals surface area contributed by atoms with Gasteiger partial charge < -0.3 is 10.1 Å². The van der Waals surface area contributed by atoms with Crippen LogP contribution in [0.5, 0.6) is 5.75 Å². The van der Waals surface area contributed by atoms with Crippen molar-refractivity contribution in [3.63, 3.8) is 0 Å². The molecule has 0 saturated carbocycles. The number of nitriles is 1. The van der Waals surface area contributed by atoms with Gasteiger partial charge in [-0.05, 0) is 35.4 Å². The van der Waals surface area contributed by atoms with Gasteiger partial charge in [0.1, 0.15) is 12.4 Å². The van der Waals surface area contributed by atoms with E-state index in [1.165, 1.54) is 0 Å². The summed E-state index contributed by atoms with van der Waals surface area (Å²) in [5.41, 5.74) is 3.84. The van der Waals surface area contributed by atoms with Crippen molar-refractivity contribution < 1.29 is 4.74 Å². The van der Waals surface area contributed by atoms with Gasteiger partial charge in [0.05, 0.1) is 6.07 Å². The molecule has 26 heavy (non-hydrogen) atoms.